The van der Waals surface area contributed by atoms with Crippen molar-refractivity contribution >= 4 is 23.1 Å². The van der Waals surface area contributed by atoms with E-state index >= 15 is 0 Å². The van der Waals surface area contributed by atoms with E-state index in [4.69, 9.17) is 4.74 Å². The highest BCUT2D eigenvalue weighted by molar-refractivity contribution is 7.09. The lowest BCUT2D eigenvalue weighted by molar-refractivity contribution is 0.0529. The van der Waals surface area contributed by atoms with Gasteiger partial charge in [0.1, 0.15) is 5.82 Å². The van der Waals surface area contributed by atoms with Gasteiger partial charge < -0.3 is 20.3 Å². The van der Waals surface area contributed by atoms with Gasteiger partial charge in [0.15, 0.2) is 5.96 Å². The molecule has 7 heteroatoms. The Kier molecular flexibility index (Phi) is 6.25. The second kappa shape index (κ2) is 8.82. The summed E-state index contributed by atoms with van der Waals surface area (Å²) in [7, 11) is 1.79. The van der Waals surface area contributed by atoms with Gasteiger partial charge in [0.25, 0.3) is 0 Å². The third kappa shape index (κ3) is 5.17. The van der Waals surface area contributed by atoms with Crippen LogP contribution < -0.4 is 15.5 Å². The van der Waals surface area contributed by atoms with E-state index in [2.05, 4.69) is 56.0 Å². The first-order chi connectivity index (χ1) is 12.2. The predicted molar refractivity (Wildman–Crippen MR) is 103 cm³/mol. The lowest BCUT2D eigenvalue weighted by Crippen LogP contribution is -2.41. The molecule has 6 nitrogen and oxygen atoms in total. The van der Waals surface area contributed by atoms with Gasteiger partial charge in [-0.1, -0.05) is 6.07 Å². The monoisotopic (exact) mass is 359 g/mol. The molecule has 0 radical (unpaired) electrons. The van der Waals surface area contributed by atoms with Crippen LogP contribution in [-0.4, -0.2) is 43.8 Å². The number of guanidine groups is 1. The number of nitrogens with one attached hydrogen (secondary N) is 2. The molecule has 0 amide bonds. The van der Waals surface area contributed by atoms with E-state index < -0.39 is 0 Å². The summed E-state index contributed by atoms with van der Waals surface area (Å²) in [6.45, 7) is 6.11. The van der Waals surface area contributed by atoms with E-state index in [-0.39, 0.29) is 6.10 Å². The number of hydrogen-bond donors (Lipinski definition) is 2. The van der Waals surface area contributed by atoms with Gasteiger partial charge in [-0.15, -0.1) is 11.3 Å². The van der Waals surface area contributed by atoms with Crippen LogP contribution >= 0.6 is 11.3 Å². The molecule has 0 spiro atoms. The minimum absolute atomic E-state index is 0.248. The molecule has 0 bridgehead atoms. The summed E-state index contributed by atoms with van der Waals surface area (Å²) in [4.78, 5) is 12.4. The SMILES string of the molecule is CN=C(NCc1ccnc(N2CCOC(C)C2)c1)NCc1cccs1. The van der Waals surface area contributed by atoms with Crippen LogP contribution in [0.15, 0.2) is 40.8 Å². The summed E-state index contributed by atoms with van der Waals surface area (Å²) in [6, 6.07) is 8.34. The van der Waals surface area contributed by atoms with Gasteiger partial charge in [-0.25, -0.2) is 4.98 Å². The Bertz CT molecular complexity index is 689. The molecule has 2 aromatic rings. The summed E-state index contributed by atoms with van der Waals surface area (Å²) >= 11 is 1.74. The molecule has 0 aromatic carbocycles. The molecule has 2 N–H and O–H groups in total. The molecule has 1 atom stereocenters. The Balaban J connectivity index is 1.54. The zero-order valence-electron chi connectivity index (χ0n) is 14.7. The minimum atomic E-state index is 0.248. The maximum Gasteiger partial charge on any atom is 0.191 e. The van der Waals surface area contributed by atoms with Crippen LogP contribution in [0.1, 0.15) is 17.4 Å². The summed E-state index contributed by atoms with van der Waals surface area (Å²) in [6.07, 6.45) is 2.12. The van der Waals surface area contributed by atoms with E-state index in [0.717, 1.165) is 38.0 Å². The van der Waals surface area contributed by atoms with Crippen LogP contribution in [-0.2, 0) is 17.8 Å². The summed E-state index contributed by atoms with van der Waals surface area (Å²) in [5, 5.41) is 8.77. The second-order valence-electron chi connectivity index (χ2n) is 6.01. The van der Waals surface area contributed by atoms with E-state index in [9.17, 15) is 0 Å². The van der Waals surface area contributed by atoms with Crippen LogP contribution in [0.25, 0.3) is 0 Å². The standard InChI is InChI=1S/C18H25N5OS/c1-14-13-23(7-8-24-14)17-10-15(5-6-20-17)11-21-18(19-2)22-12-16-4-3-9-25-16/h3-6,9-10,14H,7-8,11-13H2,1-2H3,(H2,19,21,22). The van der Waals surface area contributed by atoms with Gasteiger partial charge in [-0.2, -0.15) is 0 Å². The number of thiophene rings is 1. The molecule has 1 fully saturated rings. The van der Waals surface area contributed by atoms with Gasteiger partial charge in [0.05, 0.1) is 19.3 Å². The Morgan fingerprint density at radius 1 is 1.40 bits per heavy atom. The maximum absolute atomic E-state index is 5.61. The molecule has 2 aromatic heterocycles. The van der Waals surface area contributed by atoms with Crippen molar-refractivity contribution in [2.24, 2.45) is 4.99 Å². The first-order valence-corrected chi connectivity index (χ1v) is 9.41. The molecule has 0 saturated carbocycles. The summed E-state index contributed by atoms with van der Waals surface area (Å²) in [5.41, 5.74) is 1.18. The second-order valence-corrected chi connectivity index (χ2v) is 7.04. The fourth-order valence-corrected chi connectivity index (χ4v) is 3.40. The number of rotatable bonds is 5. The zero-order chi connectivity index (χ0) is 17.5. The van der Waals surface area contributed by atoms with Crippen LogP contribution in [0.4, 0.5) is 5.82 Å². The van der Waals surface area contributed by atoms with Crippen molar-refractivity contribution in [1.82, 2.24) is 15.6 Å². The zero-order valence-corrected chi connectivity index (χ0v) is 15.6. The molecule has 0 aliphatic carbocycles. The molecule has 1 saturated heterocycles. The van der Waals surface area contributed by atoms with E-state index in [1.54, 1.807) is 18.4 Å². The summed E-state index contributed by atoms with van der Waals surface area (Å²) in [5.74, 6) is 1.81. The van der Waals surface area contributed by atoms with E-state index in [1.807, 2.05) is 12.3 Å². The molecule has 1 aliphatic rings. The molecule has 1 unspecified atom stereocenters. The van der Waals surface area contributed by atoms with Crippen LogP contribution in [0.5, 0.6) is 0 Å². The normalized spacial score (nSPS) is 18.2. The Hall–Kier alpha value is -2.12. The average Bonchev–Trinajstić information content (AvgIpc) is 3.16. The summed E-state index contributed by atoms with van der Waals surface area (Å²) < 4.78 is 5.61. The van der Waals surface area contributed by atoms with Crippen LogP contribution in [0.2, 0.25) is 0 Å². The number of pyridine rings is 1. The number of ether oxygens (including phenoxy) is 1. The van der Waals surface area contributed by atoms with E-state index in [1.165, 1.54) is 10.4 Å². The van der Waals surface area contributed by atoms with Crippen LogP contribution in [0.3, 0.4) is 0 Å². The lowest BCUT2D eigenvalue weighted by atomic mass is 10.2. The first kappa shape index (κ1) is 17.7. The quantitative estimate of drug-likeness (QED) is 0.633. The predicted octanol–water partition coefficient (Wildman–Crippen LogP) is 2.23. The Morgan fingerprint density at radius 2 is 2.28 bits per heavy atom. The minimum Gasteiger partial charge on any atom is -0.375 e. The highest BCUT2D eigenvalue weighted by Crippen LogP contribution is 2.16. The highest BCUT2D eigenvalue weighted by Gasteiger charge is 2.18. The van der Waals surface area contributed by atoms with Gasteiger partial charge in [0.2, 0.25) is 0 Å². The fraction of sp³-hybridized carbons (Fsp3) is 0.444. The topological polar surface area (TPSA) is 61.8 Å². The van der Waals surface area contributed by atoms with Crippen molar-refractivity contribution in [2.75, 3.05) is 31.6 Å². The van der Waals surface area contributed by atoms with Gasteiger partial charge >= 0.3 is 0 Å². The Morgan fingerprint density at radius 3 is 3.04 bits per heavy atom. The number of morpholine rings is 1. The number of aromatic nitrogens is 1. The van der Waals surface area contributed by atoms with Gasteiger partial charge in [-0.3, -0.25) is 4.99 Å². The van der Waals surface area contributed by atoms with Gasteiger partial charge in [-0.05, 0) is 36.1 Å². The molecule has 3 heterocycles. The molecule has 134 valence electrons. The van der Waals surface area contributed by atoms with Crippen LogP contribution in [0, 0.1) is 0 Å². The maximum atomic E-state index is 5.61. The average molecular weight is 359 g/mol. The third-order valence-electron chi connectivity index (χ3n) is 4.07. The van der Waals surface area contributed by atoms with Crippen molar-refractivity contribution < 1.29 is 4.74 Å². The molecular weight excluding hydrogens is 334 g/mol. The number of hydrogen-bond acceptors (Lipinski definition) is 5. The molecule has 25 heavy (non-hydrogen) atoms. The molecule has 3 rings (SSSR count). The largest absolute Gasteiger partial charge is 0.375 e. The molecule has 1 aliphatic heterocycles. The number of aliphatic imine (C=N–C) groups is 1. The Labute approximate surface area is 152 Å². The van der Waals surface area contributed by atoms with Gasteiger partial charge in [0, 0.05) is 37.8 Å². The number of anilines is 1. The van der Waals surface area contributed by atoms with Crippen molar-refractivity contribution in [3.63, 3.8) is 0 Å². The smallest absolute Gasteiger partial charge is 0.191 e. The highest BCUT2D eigenvalue weighted by atomic mass is 32.1. The van der Waals surface area contributed by atoms with E-state index in [0.29, 0.717) is 6.54 Å². The lowest BCUT2D eigenvalue weighted by Gasteiger charge is -2.32. The van der Waals surface area contributed by atoms with Crippen molar-refractivity contribution in [3.05, 3.63) is 46.3 Å². The number of nitrogens with zero attached hydrogens (tertiary/aromatic N) is 3. The van der Waals surface area contributed by atoms with Crippen molar-refractivity contribution in [3.8, 4) is 0 Å². The molecular formula is C18H25N5OS. The van der Waals surface area contributed by atoms with Crippen molar-refractivity contribution in [2.45, 2.75) is 26.1 Å². The fourth-order valence-electron chi connectivity index (χ4n) is 2.76. The first-order valence-electron chi connectivity index (χ1n) is 8.53. The third-order valence-corrected chi connectivity index (χ3v) is 4.95. The van der Waals surface area contributed by atoms with Crippen molar-refractivity contribution in [1.29, 1.82) is 0 Å².